The second-order valence-electron chi connectivity index (χ2n) is 5.03. The first kappa shape index (κ1) is 19.4. The minimum absolute atomic E-state index is 0.153. The summed E-state index contributed by atoms with van der Waals surface area (Å²) >= 11 is 0. The second-order valence-corrected chi connectivity index (χ2v) is 5.03. The van der Waals surface area contributed by atoms with Crippen LogP contribution in [0.2, 0.25) is 0 Å². The summed E-state index contributed by atoms with van der Waals surface area (Å²) in [6.45, 7) is 8.89. The van der Waals surface area contributed by atoms with Crippen molar-refractivity contribution >= 4 is 17.6 Å². The molecule has 1 amide bonds. The molecule has 0 bridgehead atoms. The molecule has 0 aliphatic carbocycles. The highest BCUT2D eigenvalue weighted by atomic mass is 16.6. The van der Waals surface area contributed by atoms with Gasteiger partial charge in [0.25, 0.3) is 5.91 Å². The Hall–Kier alpha value is -1.63. The Morgan fingerprint density at radius 2 is 1.76 bits per heavy atom. The number of hydrogen-bond donors (Lipinski definition) is 2. The Kier molecular flexibility index (Phi) is 8.61. The Morgan fingerprint density at radius 1 is 1.19 bits per heavy atom. The Bertz CT molecular complexity index is 384. The predicted molar refractivity (Wildman–Crippen MR) is 77.2 cm³/mol. The van der Waals surface area contributed by atoms with Crippen molar-refractivity contribution in [2.75, 3.05) is 6.61 Å². The Labute approximate surface area is 125 Å². The predicted octanol–water partition coefficient (Wildman–Crippen LogP) is 2.06. The fraction of sp³-hybridized carbons (Fsp3) is 0.786. The van der Waals surface area contributed by atoms with E-state index in [2.05, 4.69) is 5.16 Å². The number of hydrogen-bond acceptors (Lipinski definition) is 6. The van der Waals surface area contributed by atoms with Crippen LogP contribution in [0.3, 0.4) is 0 Å². The summed E-state index contributed by atoms with van der Waals surface area (Å²) in [4.78, 5) is 24.2. The van der Waals surface area contributed by atoms with E-state index >= 15 is 0 Å². The van der Waals surface area contributed by atoms with Crippen LogP contribution in [0.15, 0.2) is 5.16 Å². The standard InChI is InChI=1S/C14H26N2O5/c1-6-9(4)11(15-19)13(17)16(20)12(10(5)7-2)14(18)21-8-3/h9-10,12,19-20H,6-8H2,1-5H3. The number of carbonyl (C=O) groups is 2. The van der Waals surface area contributed by atoms with Gasteiger partial charge in [-0.25, -0.2) is 9.86 Å². The molecule has 0 aromatic carbocycles. The molecule has 0 aromatic heterocycles. The van der Waals surface area contributed by atoms with Crippen LogP contribution in [-0.2, 0) is 14.3 Å². The van der Waals surface area contributed by atoms with Crippen molar-refractivity contribution in [2.24, 2.45) is 17.0 Å². The van der Waals surface area contributed by atoms with Crippen LogP contribution < -0.4 is 0 Å². The van der Waals surface area contributed by atoms with E-state index < -0.39 is 17.9 Å². The summed E-state index contributed by atoms with van der Waals surface area (Å²) in [5.74, 6) is -2.19. The molecule has 2 N–H and O–H groups in total. The number of carbonyl (C=O) groups excluding carboxylic acids is 2. The van der Waals surface area contributed by atoms with Crippen molar-refractivity contribution in [3.63, 3.8) is 0 Å². The number of nitrogens with zero attached hydrogens (tertiary/aromatic N) is 2. The number of rotatable bonds is 8. The number of esters is 1. The van der Waals surface area contributed by atoms with Crippen LogP contribution >= 0.6 is 0 Å². The number of ether oxygens (including phenoxy) is 1. The first-order chi connectivity index (χ1) is 9.85. The van der Waals surface area contributed by atoms with E-state index in [0.29, 0.717) is 17.9 Å². The van der Waals surface area contributed by atoms with E-state index in [0.717, 1.165) is 0 Å². The van der Waals surface area contributed by atoms with E-state index in [-0.39, 0.29) is 24.2 Å². The van der Waals surface area contributed by atoms with Gasteiger partial charge < -0.3 is 9.94 Å². The van der Waals surface area contributed by atoms with Crippen molar-refractivity contribution in [3.8, 4) is 0 Å². The zero-order chi connectivity index (χ0) is 16.6. The number of oxime groups is 1. The van der Waals surface area contributed by atoms with E-state index in [1.165, 1.54) is 0 Å². The minimum Gasteiger partial charge on any atom is -0.464 e. The minimum atomic E-state index is -1.12. The van der Waals surface area contributed by atoms with Gasteiger partial charge in [-0.05, 0) is 19.3 Å². The van der Waals surface area contributed by atoms with Crippen LogP contribution in [0.4, 0.5) is 0 Å². The molecular formula is C14H26N2O5. The number of hydroxylamine groups is 2. The smallest absolute Gasteiger partial charge is 0.331 e. The molecular weight excluding hydrogens is 276 g/mol. The van der Waals surface area contributed by atoms with Crippen molar-refractivity contribution < 1.29 is 24.7 Å². The summed E-state index contributed by atoms with van der Waals surface area (Å²) in [6.07, 6.45) is 1.13. The molecule has 3 unspecified atom stereocenters. The molecule has 0 fully saturated rings. The second kappa shape index (κ2) is 9.33. The quantitative estimate of drug-likeness (QED) is 0.235. The lowest BCUT2D eigenvalue weighted by molar-refractivity contribution is -0.188. The van der Waals surface area contributed by atoms with Crippen LogP contribution in [0, 0.1) is 11.8 Å². The van der Waals surface area contributed by atoms with Crippen molar-refractivity contribution in [1.29, 1.82) is 0 Å². The monoisotopic (exact) mass is 302 g/mol. The van der Waals surface area contributed by atoms with E-state index in [1.54, 1.807) is 20.8 Å². The maximum Gasteiger partial charge on any atom is 0.331 e. The summed E-state index contributed by atoms with van der Waals surface area (Å²) in [5.41, 5.74) is -0.183. The fourth-order valence-electron chi connectivity index (χ4n) is 1.81. The molecule has 122 valence electrons. The van der Waals surface area contributed by atoms with Gasteiger partial charge in [0.1, 0.15) is 5.71 Å². The maximum absolute atomic E-state index is 12.2. The molecule has 0 saturated carbocycles. The molecule has 0 radical (unpaired) electrons. The Balaban J connectivity index is 5.32. The van der Waals surface area contributed by atoms with Crippen molar-refractivity contribution in [3.05, 3.63) is 0 Å². The molecule has 7 heteroatoms. The van der Waals surface area contributed by atoms with Gasteiger partial charge in [0.05, 0.1) is 6.61 Å². The van der Waals surface area contributed by atoms with Gasteiger partial charge in [-0.1, -0.05) is 39.3 Å². The third kappa shape index (κ3) is 5.00. The van der Waals surface area contributed by atoms with Crippen LogP contribution in [-0.4, -0.2) is 45.7 Å². The molecule has 0 rings (SSSR count). The van der Waals surface area contributed by atoms with E-state index in [1.807, 2.05) is 13.8 Å². The first-order valence-electron chi connectivity index (χ1n) is 7.26. The molecule has 0 saturated heterocycles. The molecule has 0 aromatic rings. The highest BCUT2D eigenvalue weighted by Gasteiger charge is 2.37. The first-order valence-corrected chi connectivity index (χ1v) is 7.26. The van der Waals surface area contributed by atoms with Gasteiger partial charge in [-0.3, -0.25) is 10.0 Å². The molecule has 0 spiro atoms. The summed E-state index contributed by atoms with van der Waals surface area (Å²) < 4.78 is 4.90. The van der Waals surface area contributed by atoms with Crippen molar-refractivity contribution in [2.45, 2.75) is 53.5 Å². The topological polar surface area (TPSA) is 99.4 Å². The third-order valence-electron chi connectivity index (χ3n) is 3.59. The molecule has 0 aliphatic heterocycles. The largest absolute Gasteiger partial charge is 0.464 e. The van der Waals surface area contributed by atoms with Gasteiger partial charge in [-0.15, -0.1) is 0 Å². The third-order valence-corrected chi connectivity index (χ3v) is 3.59. The normalized spacial score (nSPS) is 16.0. The van der Waals surface area contributed by atoms with Gasteiger partial charge in [-0.2, -0.15) is 0 Å². The summed E-state index contributed by atoms with van der Waals surface area (Å²) in [6, 6.07) is -1.12. The van der Waals surface area contributed by atoms with E-state index in [4.69, 9.17) is 9.94 Å². The zero-order valence-electron chi connectivity index (χ0n) is 13.4. The van der Waals surface area contributed by atoms with Crippen LogP contribution in [0.5, 0.6) is 0 Å². The van der Waals surface area contributed by atoms with Gasteiger partial charge >= 0.3 is 5.97 Å². The fourth-order valence-corrected chi connectivity index (χ4v) is 1.81. The van der Waals surface area contributed by atoms with Crippen LogP contribution in [0.25, 0.3) is 0 Å². The highest BCUT2D eigenvalue weighted by Crippen LogP contribution is 2.17. The SMILES string of the molecule is CCOC(=O)C(C(C)CC)N(O)C(=O)C(=NO)C(C)CC. The van der Waals surface area contributed by atoms with Gasteiger partial charge in [0.2, 0.25) is 0 Å². The highest BCUT2D eigenvalue weighted by molar-refractivity contribution is 6.39. The zero-order valence-corrected chi connectivity index (χ0v) is 13.4. The average molecular weight is 302 g/mol. The van der Waals surface area contributed by atoms with Gasteiger partial charge in [0.15, 0.2) is 6.04 Å². The van der Waals surface area contributed by atoms with Crippen molar-refractivity contribution in [1.82, 2.24) is 5.06 Å². The Morgan fingerprint density at radius 3 is 2.14 bits per heavy atom. The maximum atomic E-state index is 12.2. The molecule has 21 heavy (non-hydrogen) atoms. The molecule has 3 atom stereocenters. The average Bonchev–Trinajstić information content (AvgIpc) is 2.47. The summed E-state index contributed by atoms with van der Waals surface area (Å²) in [5, 5.41) is 22.4. The summed E-state index contributed by atoms with van der Waals surface area (Å²) in [7, 11) is 0. The number of amides is 1. The molecule has 0 heterocycles. The molecule has 7 nitrogen and oxygen atoms in total. The lowest BCUT2D eigenvalue weighted by Gasteiger charge is -2.29. The lowest BCUT2D eigenvalue weighted by Crippen LogP contribution is -2.50. The van der Waals surface area contributed by atoms with E-state index in [9.17, 15) is 14.8 Å². The molecule has 0 aliphatic rings. The van der Waals surface area contributed by atoms with Crippen LogP contribution in [0.1, 0.15) is 47.5 Å². The van der Waals surface area contributed by atoms with Gasteiger partial charge in [0, 0.05) is 5.92 Å². The lowest BCUT2D eigenvalue weighted by atomic mass is 9.97.